The van der Waals surface area contributed by atoms with E-state index in [1.165, 1.54) is 6.26 Å². The summed E-state index contributed by atoms with van der Waals surface area (Å²) in [5.74, 6) is -1.17. The van der Waals surface area contributed by atoms with Crippen LogP contribution in [0.15, 0.2) is 42.2 Å². The van der Waals surface area contributed by atoms with E-state index in [9.17, 15) is 14.4 Å². The number of nitrogens with one attached hydrogen (secondary N) is 1. The predicted octanol–water partition coefficient (Wildman–Crippen LogP) is 1.92. The van der Waals surface area contributed by atoms with Crippen molar-refractivity contribution < 1.29 is 43.5 Å². The van der Waals surface area contributed by atoms with E-state index >= 15 is 0 Å². The fourth-order valence-electron chi connectivity index (χ4n) is 6.51. The van der Waals surface area contributed by atoms with E-state index in [2.05, 4.69) is 5.32 Å². The molecule has 0 bridgehead atoms. The van der Waals surface area contributed by atoms with Gasteiger partial charge in [0.15, 0.2) is 5.79 Å². The van der Waals surface area contributed by atoms with Crippen molar-refractivity contribution in [1.29, 1.82) is 0 Å². The molecule has 4 fully saturated rings. The maximum atomic E-state index is 13.9. The molecule has 5 aliphatic rings. The maximum Gasteiger partial charge on any atom is 0.338 e. The van der Waals surface area contributed by atoms with Gasteiger partial charge in [-0.2, -0.15) is 0 Å². The number of likely N-dealkylation sites (tertiary alicyclic amines) is 1. The number of benzene rings is 1. The number of ether oxygens (including phenoxy) is 4. The lowest BCUT2D eigenvalue weighted by Gasteiger charge is -2.33. The number of nitrogens with zero attached hydrogens (tertiary/aromatic N) is 1. The number of amides is 2. The monoisotopic (exact) mass is 596 g/mol. The molecule has 2 aliphatic heterocycles. The first-order valence-corrected chi connectivity index (χ1v) is 15.4. The lowest BCUT2D eigenvalue weighted by atomic mass is 9.91. The molecular formula is C32H40N2O9. The smallest absolute Gasteiger partial charge is 0.338 e. The summed E-state index contributed by atoms with van der Waals surface area (Å²) in [7, 11) is 0. The largest absolute Gasteiger partial charge is 0.499 e. The molecule has 1 aromatic carbocycles. The number of carbonyl (C=O) groups is 3. The van der Waals surface area contributed by atoms with E-state index in [0.29, 0.717) is 42.4 Å². The van der Waals surface area contributed by atoms with Gasteiger partial charge in [0.25, 0.3) is 0 Å². The number of esters is 1. The minimum Gasteiger partial charge on any atom is -0.499 e. The second-order valence-electron chi connectivity index (χ2n) is 12.0. The molecule has 3 aliphatic carbocycles. The van der Waals surface area contributed by atoms with Crippen molar-refractivity contribution in [2.24, 2.45) is 11.8 Å². The van der Waals surface area contributed by atoms with Crippen molar-refractivity contribution in [2.45, 2.75) is 75.1 Å². The van der Waals surface area contributed by atoms with Gasteiger partial charge in [-0.25, -0.2) is 4.79 Å². The Labute approximate surface area is 250 Å². The third kappa shape index (κ3) is 6.35. The van der Waals surface area contributed by atoms with Crippen LogP contribution in [0.2, 0.25) is 0 Å². The molecule has 2 amide bonds. The number of carbonyl (C=O) groups excluding carboxylic acids is 3. The molecule has 2 heterocycles. The molecule has 6 rings (SSSR count). The van der Waals surface area contributed by atoms with Crippen molar-refractivity contribution in [3.8, 4) is 0 Å². The number of fused-ring (bicyclic) bond motifs is 1. The standard InChI is InChI=1S/C32H40N2O9/c35-14-12-33-29(37)25-2-1-13-34(25)30(38)22-18-26(28-27(19-22)42-32(43-28,23-7-8-23)24-9-10-24)41-31(39)21-5-3-20(4-6-21)11-16-40-17-15-36/h3-6,11,16,19,23-28,35-36H,1-2,7-10,12-15,17-18H2,(H,33,37)/t25-,26-,27-,28+/m1/s1. The molecule has 232 valence electrons. The molecule has 0 radical (unpaired) electrons. The quantitative estimate of drug-likeness (QED) is 0.187. The number of aliphatic hydroxyl groups is 2. The summed E-state index contributed by atoms with van der Waals surface area (Å²) in [4.78, 5) is 41.5. The summed E-state index contributed by atoms with van der Waals surface area (Å²) in [6.45, 7) is 0.534. The highest BCUT2D eigenvalue weighted by Gasteiger charge is 2.64. The number of aliphatic hydroxyl groups excluding tert-OH is 2. The van der Waals surface area contributed by atoms with Crippen LogP contribution in [0, 0.1) is 11.8 Å². The third-order valence-corrected chi connectivity index (χ3v) is 8.88. The van der Waals surface area contributed by atoms with E-state index in [4.69, 9.17) is 29.2 Å². The second kappa shape index (κ2) is 12.8. The minimum absolute atomic E-state index is 0.0730. The van der Waals surface area contributed by atoms with Crippen molar-refractivity contribution in [3.63, 3.8) is 0 Å². The van der Waals surface area contributed by atoms with Crippen LogP contribution in [0.5, 0.6) is 0 Å². The van der Waals surface area contributed by atoms with Crippen LogP contribution in [0.4, 0.5) is 0 Å². The Bertz CT molecular complexity index is 1240. The molecule has 11 nitrogen and oxygen atoms in total. The lowest BCUT2D eigenvalue weighted by molar-refractivity contribution is -0.209. The van der Waals surface area contributed by atoms with Gasteiger partial charge in [0.1, 0.15) is 31.0 Å². The molecule has 2 saturated heterocycles. The van der Waals surface area contributed by atoms with Crippen LogP contribution in [-0.4, -0.2) is 95.9 Å². The number of hydrogen-bond acceptors (Lipinski definition) is 9. The van der Waals surface area contributed by atoms with Crippen molar-refractivity contribution >= 4 is 23.9 Å². The molecule has 43 heavy (non-hydrogen) atoms. The van der Waals surface area contributed by atoms with Gasteiger partial charge in [0.2, 0.25) is 11.8 Å². The van der Waals surface area contributed by atoms with Crippen LogP contribution in [-0.2, 0) is 28.5 Å². The van der Waals surface area contributed by atoms with E-state index in [1.807, 2.05) is 6.08 Å². The Morgan fingerprint density at radius 2 is 1.77 bits per heavy atom. The van der Waals surface area contributed by atoms with E-state index in [1.54, 1.807) is 35.2 Å². The van der Waals surface area contributed by atoms with Gasteiger partial charge in [0.05, 0.1) is 25.0 Å². The average molecular weight is 597 g/mol. The van der Waals surface area contributed by atoms with Crippen LogP contribution in [0.1, 0.15) is 60.9 Å². The van der Waals surface area contributed by atoms with E-state index in [0.717, 1.165) is 31.2 Å². The summed E-state index contributed by atoms with van der Waals surface area (Å²) < 4.78 is 24.6. The van der Waals surface area contributed by atoms with Crippen molar-refractivity contribution in [3.05, 3.63) is 53.3 Å². The Hall–Kier alpha value is -3.25. The molecule has 3 N–H and O–H groups in total. The van der Waals surface area contributed by atoms with Crippen molar-refractivity contribution in [1.82, 2.24) is 10.2 Å². The Balaban J connectivity index is 1.20. The first-order valence-electron chi connectivity index (χ1n) is 15.4. The first kappa shape index (κ1) is 29.8. The Morgan fingerprint density at radius 3 is 2.44 bits per heavy atom. The van der Waals surface area contributed by atoms with Gasteiger partial charge in [0, 0.05) is 36.9 Å². The summed E-state index contributed by atoms with van der Waals surface area (Å²) in [6.07, 6.45) is 8.75. The van der Waals surface area contributed by atoms with Crippen LogP contribution >= 0.6 is 0 Å². The van der Waals surface area contributed by atoms with Gasteiger partial charge >= 0.3 is 5.97 Å². The van der Waals surface area contributed by atoms with E-state index in [-0.39, 0.29) is 44.6 Å². The van der Waals surface area contributed by atoms with Crippen LogP contribution in [0.3, 0.4) is 0 Å². The highest BCUT2D eigenvalue weighted by atomic mass is 16.8. The maximum absolute atomic E-state index is 13.9. The summed E-state index contributed by atoms with van der Waals surface area (Å²) >= 11 is 0. The molecule has 2 saturated carbocycles. The molecule has 4 atom stereocenters. The van der Waals surface area contributed by atoms with Crippen LogP contribution in [0.25, 0.3) is 6.08 Å². The molecule has 1 aromatic rings. The van der Waals surface area contributed by atoms with Crippen LogP contribution < -0.4 is 5.32 Å². The minimum atomic E-state index is -0.739. The molecule has 0 aromatic heterocycles. The fourth-order valence-corrected chi connectivity index (χ4v) is 6.51. The fraction of sp³-hybridized carbons (Fsp3) is 0.594. The zero-order chi connectivity index (χ0) is 30.0. The first-order chi connectivity index (χ1) is 20.9. The van der Waals surface area contributed by atoms with Crippen molar-refractivity contribution in [2.75, 3.05) is 32.9 Å². The summed E-state index contributed by atoms with van der Waals surface area (Å²) in [5.41, 5.74) is 1.63. The molecule has 0 spiro atoms. The highest BCUT2D eigenvalue weighted by Crippen LogP contribution is 2.59. The molecular weight excluding hydrogens is 556 g/mol. The number of hydrogen-bond donors (Lipinski definition) is 3. The Kier molecular flexibility index (Phi) is 8.85. The normalized spacial score (nSPS) is 28.0. The molecule has 11 heteroatoms. The van der Waals surface area contributed by atoms with Gasteiger partial charge in [-0.1, -0.05) is 12.1 Å². The topological polar surface area (TPSA) is 144 Å². The van der Waals surface area contributed by atoms with E-state index < -0.39 is 36.1 Å². The third-order valence-electron chi connectivity index (χ3n) is 8.88. The summed E-state index contributed by atoms with van der Waals surface area (Å²) in [5, 5.41) is 20.6. The SMILES string of the molecule is O=C(O[C@@H]1CC(C(=O)N2CCC[C@@H]2C(=O)NCCO)=C[C@H]2OC(C3CC3)(C3CC3)O[C@H]21)c1ccc(C=COCCO)cc1. The second-order valence-corrected chi connectivity index (χ2v) is 12.0. The molecule has 0 unspecified atom stereocenters. The predicted molar refractivity (Wildman–Crippen MR) is 153 cm³/mol. The summed E-state index contributed by atoms with van der Waals surface area (Å²) in [6, 6.07) is 6.26. The number of rotatable bonds is 12. The van der Waals surface area contributed by atoms with Gasteiger partial charge < -0.3 is 39.4 Å². The average Bonchev–Trinajstić information content (AvgIpc) is 3.96. The zero-order valence-corrected chi connectivity index (χ0v) is 24.2. The zero-order valence-electron chi connectivity index (χ0n) is 24.2. The lowest BCUT2D eigenvalue weighted by Crippen LogP contribution is -2.49. The van der Waals surface area contributed by atoms with Gasteiger partial charge in [-0.3, -0.25) is 9.59 Å². The highest BCUT2D eigenvalue weighted by molar-refractivity contribution is 5.98. The van der Waals surface area contributed by atoms with Gasteiger partial charge in [-0.15, -0.1) is 0 Å². The van der Waals surface area contributed by atoms with Gasteiger partial charge in [-0.05, 0) is 68.4 Å². The Morgan fingerprint density at radius 1 is 1.02 bits per heavy atom.